The zero-order valence-corrected chi connectivity index (χ0v) is 9.80. The van der Waals surface area contributed by atoms with E-state index in [-0.39, 0.29) is 12.0 Å². The lowest BCUT2D eigenvalue weighted by Gasteiger charge is -2.21. The molecule has 3 heteroatoms. The molecule has 0 aliphatic carbocycles. The van der Waals surface area contributed by atoms with Crippen LogP contribution in [0.3, 0.4) is 0 Å². The summed E-state index contributed by atoms with van der Waals surface area (Å²) in [5, 5.41) is 3.29. The van der Waals surface area contributed by atoms with Crippen molar-refractivity contribution in [1.29, 1.82) is 0 Å². The van der Waals surface area contributed by atoms with E-state index in [1.807, 2.05) is 6.92 Å². The summed E-state index contributed by atoms with van der Waals surface area (Å²) in [4.78, 5) is 11.2. The Morgan fingerprint density at radius 3 is 2.14 bits per heavy atom. The first-order chi connectivity index (χ1) is 6.65. The van der Waals surface area contributed by atoms with Crippen LogP contribution in [0.4, 0.5) is 0 Å². The Bertz CT molecular complexity index is 153. The molecule has 14 heavy (non-hydrogen) atoms. The zero-order valence-electron chi connectivity index (χ0n) is 9.80. The minimum atomic E-state index is -0.192. The van der Waals surface area contributed by atoms with Crippen molar-refractivity contribution in [2.45, 2.75) is 58.5 Å². The van der Waals surface area contributed by atoms with Crippen molar-refractivity contribution in [3.63, 3.8) is 0 Å². The van der Waals surface area contributed by atoms with Crippen LogP contribution in [0.2, 0.25) is 0 Å². The predicted octanol–water partition coefficient (Wildman–Crippen LogP) is 2.11. The van der Waals surface area contributed by atoms with Crippen LogP contribution >= 0.6 is 0 Å². The number of esters is 1. The molecular weight excluding hydrogens is 178 g/mol. The lowest BCUT2D eigenvalue weighted by atomic mass is 10.1. The second-order valence-electron chi connectivity index (χ2n) is 3.69. The number of carbonyl (C=O) groups excluding carboxylic acids is 1. The van der Waals surface area contributed by atoms with Crippen LogP contribution in [0.25, 0.3) is 0 Å². The van der Waals surface area contributed by atoms with E-state index in [2.05, 4.69) is 23.9 Å². The molecule has 0 spiro atoms. The average molecular weight is 201 g/mol. The number of hydrogen-bond acceptors (Lipinski definition) is 3. The van der Waals surface area contributed by atoms with E-state index < -0.39 is 0 Å². The first-order valence-electron chi connectivity index (χ1n) is 5.49. The van der Waals surface area contributed by atoms with Crippen molar-refractivity contribution in [2.75, 3.05) is 7.11 Å². The Hall–Kier alpha value is -0.570. The van der Waals surface area contributed by atoms with Gasteiger partial charge in [-0.2, -0.15) is 0 Å². The van der Waals surface area contributed by atoms with Crippen molar-refractivity contribution < 1.29 is 9.53 Å². The largest absolute Gasteiger partial charge is 0.468 e. The van der Waals surface area contributed by atoms with Crippen molar-refractivity contribution >= 4 is 5.97 Å². The summed E-state index contributed by atoms with van der Waals surface area (Å²) in [5.41, 5.74) is 0. The molecule has 0 unspecified atom stereocenters. The van der Waals surface area contributed by atoms with Crippen molar-refractivity contribution in [3.05, 3.63) is 0 Å². The van der Waals surface area contributed by atoms with Gasteiger partial charge in [-0.05, 0) is 19.8 Å². The fourth-order valence-electron chi connectivity index (χ4n) is 1.61. The molecule has 0 saturated carbocycles. The molecule has 0 saturated heterocycles. The highest BCUT2D eigenvalue weighted by atomic mass is 16.5. The SMILES string of the molecule is CCCC(CCC)N[C@@H](C)C(=O)OC. The second kappa shape index (κ2) is 7.80. The van der Waals surface area contributed by atoms with Crippen molar-refractivity contribution in [1.82, 2.24) is 5.32 Å². The molecule has 84 valence electrons. The summed E-state index contributed by atoms with van der Waals surface area (Å²) < 4.78 is 4.67. The maximum Gasteiger partial charge on any atom is 0.322 e. The van der Waals surface area contributed by atoms with Crippen LogP contribution in [-0.2, 0) is 9.53 Å². The third-order valence-electron chi connectivity index (χ3n) is 2.31. The van der Waals surface area contributed by atoms with E-state index in [0.29, 0.717) is 6.04 Å². The smallest absolute Gasteiger partial charge is 0.322 e. The summed E-state index contributed by atoms with van der Waals surface area (Å²) in [5.74, 6) is -0.179. The lowest BCUT2D eigenvalue weighted by Crippen LogP contribution is -2.41. The van der Waals surface area contributed by atoms with Gasteiger partial charge in [0.15, 0.2) is 0 Å². The van der Waals surface area contributed by atoms with E-state index in [4.69, 9.17) is 0 Å². The Labute approximate surface area is 87.2 Å². The third kappa shape index (κ3) is 5.22. The first-order valence-corrected chi connectivity index (χ1v) is 5.49. The highest BCUT2D eigenvalue weighted by molar-refractivity contribution is 5.75. The molecule has 1 atom stereocenters. The van der Waals surface area contributed by atoms with Gasteiger partial charge in [0.1, 0.15) is 6.04 Å². The summed E-state index contributed by atoms with van der Waals surface area (Å²) >= 11 is 0. The molecule has 0 amide bonds. The number of hydrogen-bond donors (Lipinski definition) is 1. The highest BCUT2D eigenvalue weighted by Gasteiger charge is 2.16. The summed E-state index contributed by atoms with van der Waals surface area (Å²) in [6.45, 7) is 6.17. The van der Waals surface area contributed by atoms with E-state index in [0.717, 1.165) is 25.7 Å². The van der Waals surface area contributed by atoms with Gasteiger partial charge in [-0.25, -0.2) is 0 Å². The average Bonchev–Trinajstić information content (AvgIpc) is 2.17. The summed E-state index contributed by atoms with van der Waals surface area (Å²) in [6, 6.07) is 0.252. The van der Waals surface area contributed by atoms with Crippen molar-refractivity contribution in [3.8, 4) is 0 Å². The molecule has 0 heterocycles. The van der Waals surface area contributed by atoms with Crippen LogP contribution < -0.4 is 5.32 Å². The molecule has 0 aromatic rings. The number of ether oxygens (including phenoxy) is 1. The Kier molecular flexibility index (Phi) is 7.48. The monoisotopic (exact) mass is 201 g/mol. The van der Waals surface area contributed by atoms with E-state index >= 15 is 0 Å². The molecule has 1 N–H and O–H groups in total. The predicted molar refractivity (Wildman–Crippen MR) is 58.2 cm³/mol. The first kappa shape index (κ1) is 13.4. The van der Waals surface area contributed by atoms with Gasteiger partial charge in [-0.15, -0.1) is 0 Å². The van der Waals surface area contributed by atoms with Gasteiger partial charge in [-0.3, -0.25) is 4.79 Å². The van der Waals surface area contributed by atoms with E-state index in [1.165, 1.54) is 7.11 Å². The maximum absolute atomic E-state index is 11.2. The van der Waals surface area contributed by atoms with Crippen LogP contribution in [0, 0.1) is 0 Å². The number of rotatable bonds is 7. The van der Waals surface area contributed by atoms with E-state index in [1.54, 1.807) is 0 Å². The van der Waals surface area contributed by atoms with Crippen LogP contribution in [0.1, 0.15) is 46.5 Å². The van der Waals surface area contributed by atoms with Crippen molar-refractivity contribution in [2.24, 2.45) is 0 Å². The Morgan fingerprint density at radius 1 is 1.29 bits per heavy atom. The van der Waals surface area contributed by atoms with Gasteiger partial charge < -0.3 is 10.1 Å². The molecule has 0 fully saturated rings. The van der Waals surface area contributed by atoms with Crippen LogP contribution in [-0.4, -0.2) is 25.2 Å². The Balaban J connectivity index is 3.94. The topological polar surface area (TPSA) is 38.3 Å². The maximum atomic E-state index is 11.2. The highest BCUT2D eigenvalue weighted by Crippen LogP contribution is 2.05. The number of methoxy groups -OCH3 is 1. The Morgan fingerprint density at radius 2 is 1.79 bits per heavy atom. The summed E-state index contributed by atoms with van der Waals surface area (Å²) in [6.07, 6.45) is 4.53. The van der Waals surface area contributed by atoms with Gasteiger partial charge in [-0.1, -0.05) is 26.7 Å². The fraction of sp³-hybridized carbons (Fsp3) is 0.909. The molecular formula is C11H23NO2. The quantitative estimate of drug-likeness (QED) is 0.641. The molecule has 0 aliphatic rings. The van der Waals surface area contributed by atoms with Gasteiger partial charge in [0.25, 0.3) is 0 Å². The van der Waals surface area contributed by atoms with Gasteiger partial charge >= 0.3 is 5.97 Å². The minimum absolute atomic E-state index is 0.179. The second-order valence-corrected chi connectivity index (χ2v) is 3.69. The summed E-state index contributed by atoms with van der Waals surface area (Å²) in [7, 11) is 1.43. The molecule has 3 nitrogen and oxygen atoms in total. The minimum Gasteiger partial charge on any atom is -0.468 e. The van der Waals surface area contributed by atoms with Crippen LogP contribution in [0.5, 0.6) is 0 Å². The molecule has 0 rings (SSSR count). The zero-order chi connectivity index (χ0) is 11.0. The molecule has 0 bridgehead atoms. The number of nitrogens with one attached hydrogen (secondary N) is 1. The standard InChI is InChI=1S/C11H23NO2/c1-5-7-10(8-6-2)12-9(3)11(13)14-4/h9-10,12H,5-8H2,1-4H3/t9-/m0/s1. The van der Waals surface area contributed by atoms with Gasteiger partial charge in [0.05, 0.1) is 7.11 Å². The molecule has 0 aromatic carbocycles. The molecule has 0 radical (unpaired) electrons. The van der Waals surface area contributed by atoms with E-state index in [9.17, 15) is 4.79 Å². The number of carbonyl (C=O) groups is 1. The normalized spacial score (nSPS) is 12.9. The third-order valence-corrected chi connectivity index (χ3v) is 2.31. The van der Waals surface area contributed by atoms with Gasteiger partial charge in [0, 0.05) is 6.04 Å². The van der Waals surface area contributed by atoms with Crippen LogP contribution in [0.15, 0.2) is 0 Å². The van der Waals surface area contributed by atoms with Gasteiger partial charge in [0.2, 0.25) is 0 Å². The fourth-order valence-corrected chi connectivity index (χ4v) is 1.61. The molecule has 0 aromatic heterocycles. The lowest BCUT2D eigenvalue weighted by molar-refractivity contribution is -0.142. The molecule has 0 aliphatic heterocycles.